The fourth-order valence-electron chi connectivity index (χ4n) is 2.86. The van der Waals surface area contributed by atoms with Crippen LogP contribution in [0, 0.1) is 13.8 Å². The summed E-state index contributed by atoms with van der Waals surface area (Å²) in [6, 6.07) is 4.12. The zero-order valence-electron chi connectivity index (χ0n) is 11.4. The Morgan fingerprint density at radius 1 is 1.33 bits per heavy atom. The third kappa shape index (κ3) is 2.08. The summed E-state index contributed by atoms with van der Waals surface area (Å²) in [5.74, 6) is 0. The minimum absolute atomic E-state index is 0.155. The minimum atomic E-state index is -3.16. The van der Waals surface area contributed by atoms with Crippen molar-refractivity contribution in [3.63, 3.8) is 0 Å². The number of hydrogen-bond acceptors (Lipinski definition) is 3. The molecule has 0 aromatic heterocycles. The fraction of sp³-hybridized carbons (Fsp3) is 0.571. The van der Waals surface area contributed by atoms with Crippen LogP contribution in [0.4, 0.5) is 0 Å². The predicted molar refractivity (Wildman–Crippen MR) is 73.6 cm³/mol. The van der Waals surface area contributed by atoms with Crippen LogP contribution in [0.25, 0.3) is 0 Å². The molecule has 1 aliphatic rings. The summed E-state index contributed by atoms with van der Waals surface area (Å²) in [4.78, 5) is 0.554. The smallest absolute Gasteiger partial charge is 0.181 e. The molecule has 1 N–H and O–H groups in total. The highest BCUT2D eigenvalue weighted by atomic mass is 32.2. The number of nitrogens with one attached hydrogen (secondary N) is 1. The zero-order chi connectivity index (χ0) is 13.5. The predicted octanol–water partition coefficient (Wildman–Crippen LogP) is 2.52. The molecule has 1 aromatic rings. The van der Waals surface area contributed by atoms with Gasteiger partial charge in [-0.2, -0.15) is 0 Å². The molecule has 0 spiro atoms. The maximum atomic E-state index is 12.5. The van der Waals surface area contributed by atoms with Crippen LogP contribution in [0.2, 0.25) is 0 Å². The Bertz CT molecular complexity index is 563. The van der Waals surface area contributed by atoms with Gasteiger partial charge >= 0.3 is 0 Å². The van der Waals surface area contributed by atoms with Crippen molar-refractivity contribution in [3.05, 3.63) is 28.8 Å². The van der Waals surface area contributed by atoms with E-state index in [-0.39, 0.29) is 11.3 Å². The molecule has 100 valence electrons. The summed E-state index contributed by atoms with van der Waals surface area (Å²) in [7, 11) is -3.16. The van der Waals surface area contributed by atoms with Crippen molar-refractivity contribution in [2.24, 2.45) is 0 Å². The molecule has 2 unspecified atom stereocenters. The number of aryl methyl sites for hydroxylation is 2. The molecule has 1 aliphatic heterocycles. The van der Waals surface area contributed by atoms with Gasteiger partial charge in [0.05, 0.1) is 10.1 Å². The van der Waals surface area contributed by atoms with E-state index in [2.05, 4.69) is 12.2 Å². The Labute approximate surface area is 110 Å². The Kier molecular flexibility index (Phi) is 3.52. The average molecular weight is 267 g/mol. The van der Waals surface area contributed by atoms with Crippen LogP contribution in [0.1, 0.15) is 43.0 Å². The second-order valence-corrected chi connectivity index (χ2v) is 7.50. The van der Waals surface area contributed by atoms with Crippen LogP contribution >= 0.6 is 0 Å². The van der Waals surface area contributed by atoms with Gasteiger partial charge in [0.1, 0.15) is 0 Å². The highest BCUT2D eigenvalue weighted by molar-refractivity contribution is 7.92. The van der Waals surface area contributed by atoms with Crippen molar-refractivity contribution in [1.29, 1.82) is 0 Å². The van der Waals surface area contributed by atoms with Crippen LogP contribution in [-0.2, 0) is 9.84 Å². The molecule has 0 saturated carbocycles. The highest BCUT2D eigenvalue weighted by Crippen LogP contribution is 2.38. The molecule has 1 aromatic carbocycles. The second-order valence-electron chi connectivity index (χ2n) is 5.20. The third-order valence-corrected chi connectivity index (χ3v) is 6.03. The number of fused-ring (bicyclic) bond motifs is 1. The molecule has 0 fully saturated rings. The van der Waals surface area contributed by atoms with Gasteiger partial charge in [0.15, 0.2) is 9.84 Å². The zero-order valence-corrected chi connectivity index (χ0v) is 12.3. The number of sulfone groups is 1. The molecule has 2 rings (SSSR count). The first-order chi connectivity index (χ1) is 8.37. The van der Waals surface area contributed by atoms with E-state index in [1.54, 1.807) is 0 Å². The van der Waals surface area contributed by atoms with Crippen LogP contribution in [0.3, 0.4) is 0 Å². The first kappa shape index (κ1) is 13.6. The van der Waals surface area contributed by atoms with Gasteiger partial charge in [-0.3, -0.25) is 0 Å². The molecule has 3 nitrogen and oxygen atoms in total. The first-order valence-electron chi connectivity index (χ1n) is 6.46. The van der Waals surface area contributed by atoms with E-state index in [4.69, 9.17) is 0 Å². The monoisotopic (exact) mass is 267 g/mol. The Morgan fingerprint density at radius 3 is 2.61 bits per heavy atom. The molecular weight excluding hydrogens is 246 g/mol. The molecule has 1 heterocycles. The van der Waals surface area contributed by atoms with Gasteiger partial charge in [0.25, 0.3) is 0 Å². The molecule has 0 bridgehead atoms. The topological polar surface area (TPSA) is 46.2 Å². The molecule has 0 saturated heterocycles. The molecule has 18 heavy (non-hydrogen) atoms. The quantitative estimate of drug-likeness (QED) is 0.895. The molecule has 0 amide bonds. The lowest BCUT2D eigenvalue weighted by Gasteiger charge is -2.31. The van der Waals surface area contributed by atoms with E-state index >= 15 is 0 Å². The highest BCUT2D eigenvalue weighted by Gasteiger charge is 2.37. The Hall–Kier alpha value is -0.870. The number of hydrogen-bond donors (Lipinski definition) is 1. The van der Waals surface area contributed by atoms with E-state index in [0.717, 1.165) is 23.2 Å². The van der Waals surface area contributed by atoms with Crippen molar-refractivity contribution < 1.29 is 8.42 Å². The lowest BCUT2D eigenvalue weighted by Crippen LogP contribution is -2.35. The molecule has 0 radical (unpaired) electrons. The van der Waals surface area contributed by atoms with E-state index in [9.17, 15) is 8.42 Å². The lowest BCUT2D eigenvalue weighted by molar-refractivity contribution is 0.472. The minimum Gasteiger partial charge on any atom is -0.310 e. The lowest BCUT2D eigenvalue weighted by atomic mass is 9.97. The van der Waals surface area contributed by atoms with E-state index in [0.29, 0.717) is 11.3 Å². The summed E-state index contributed by atoms with van der Waals surface area (Å²) in [5.41, 5.74) is 2.95. The Morgan fingerprint density at radius 2 is 2.00 bits per heavy atom. The van der Waals surface area contributed by atoms with Gasteiger partial charge in [0, 0.05) is 6.04 Å². The van der Waals surface area contributed by atoms with Gasteiger partial charge in [-0.1, -0.05) is 24.6 Å². The third-order valence-electron chi connectivity index (χ3n) is 3.66. The van der Waals surface area contributed by atoms with Gasteiger partial charge in [-0.25, -0.2) is 8.42 Å². The summed E-state index contributed by atoms with van der Waals surface area (Å²) >= 11 is 0. The van der Waals surface area contributed by atoms with Crippen LogP contribution in [0.15, 0.2) is 17.0 Å². The second kappa shape index (κ2) is 4.67. The summed E-state index contributed by atoms with van der Waals surface area (Å²) in [6.45, 7) is 8.62. The van der Waals surface area contributed by atoms with Crippen molar-refractivity contribution in [2.75, 3.05) is 6.54 Å². The standard InChI is InChI=1S/C14H21NO2S/c1-5-15-13-8-11(4)18(16,17)14-10(3)6-9(2)7-12(13)14/h6-7,11,13,15H,5,8H2,1-4H3. The van der Waals surface area contributed by atoms with Gasteiger partial charge in [-0.15, -0.1) is 0 Å². The molecule has 0 aliphatic carbocycles. The maximum absolute atomic E-state index is 12.5. The fourth-order valence-corrected chi connectivity index (χ4v) is 4.75. The molecule has 4 heteroatoms. The van der Waals surface area contributed by atoms with Crippen LogP contribution in [0.5, 0.6) is 0 Å². The van der Waals surface area contributed by atoms with Crippen molar-refractivity contribution in [2.45, 2.75) is 50.3 Å². The largest absolute Gasteiger partial charge is 0.310 e. The van der Waals surface area contributed by atoms with Gasteiger partial charge in [-0.05, 0) is 44.9 Å². The SMILES string of the molecule is CCNC1CC(C)S(=O)(=O)c2c(C)cc(C)cc21. The van der Waals surface area contributed by atoms with Gasteiger partial charge < -0.3 is 5.32 Å². The van der Waals surface area contributed by atoms with Gasteiger partial charge in [0.2, 0.25) is 0 Å². The van der Waals surface area contributed by atoms with Crippen molar-refractivity contribution in [1.82, 2.24) is 5.32 Å². The number of benzene rings is 1. The summed E-state index contributed by atoms with van der Waals surface area (Å²) in [5, 5.41) is 3.09. The molecule has 2 atom stereocenters. The Balaban J connectivity index is 2.68. The summed E-state index contributed by atoms with van der Waals surface area (Å²) in [6.07, 6.45) is 0.659. The normalized spacial score (nSPS) is 25.8. The maximum Gasteiger partial charge on any atom is 0.181 e. The molecular formula is C14H21NO2S. The summed E-state index contributed by atoms with van der Waals surface area (Å²) < 4.78 is 24.9. The average Bonchev–Trinajstić information content (AvgIpc) is 2.25. The van der Waals surface area contributed by atoms with Crippen LogP contribution in [-0.4, -0.2) is 20.2 Å². The van der Waals surface area contributed by atoms with E-state index in [1.165, 1.54) is 0 Å². The van der Waals surface area contributed by atoms with E-state index in [1.807, 2.05) is 32.9 Å². The van der Waals surface area contributed by atoms with Crippen molar-refractivity contribution in [3.8, 4) is 0 Å². The van der Waals surface area contributed by atoms with Crippen LogP contribution < -0.4 is 5.32 Å². The van der Waals surface area contributed by atoms with Crippen molar-refractivity contribution >= 4 is 9.84 Å². The first-order valence-corrected chi connectivity index (χ1v) is 8.01. The van der Waals surface area contributed by atoms with E-state index < -0.39 is 9.84 Å². The number of rotatable bonds is 2.